The van der Waals surface area contributed by atoms with Gasteiger partial charge in [0.05, 0.1) is 6.10 Å². The highest BCUT2D eigenvalue weighted by Gasteiger charge is 2.26. The summed E-state index contributed by atoms with van der Waals surface area (Å²) in [6.07, 6.45) is 0.674. The molecule has 0 radical (unpaired) electrons. The third-order valence-electron chi connectivity index (χ3n) is 1.81. The number of hydrogen-bond donors (Lipinski definition) is 1. The summed E-state index contributed by atoms with van der Waals surface area (Å²) in [5.74, 6) is 0. The molecular weight excluding hydrogens is 154 g/mol. The topological polar surface area (TPSA) is 32.7 Å². The van der Waals surface area contributed by atoms with Crippen molar-refractivity contribution < 1.29 is 9.84 Å². The van der Waals surface area contributed by atoms with Crippen molar-refractivity contribution in [3.8, 4) is 0 Å². The number of hydrogen-bond acceptors (Lipinski definition) is 3. The van der Waals surface area contributed by atoms with Crippen LogP contribution in [0.2, 0.25) is 0 Å². The van der Waals surface area contributed by atoms with Crippen LogP contribution in [0.5, 0.6) is 0 Å². The van der Waals surface area contributed by atoms with Crippen molar-refractivity contribution in [2.75, 3.05) is 20.7 Å². The van der Waals surface area contributed by atoms with Crippen molar-refractivity contribution in [3.05, 3.63) is 0 Å². The molecule has 3 nitrogen and oxygen atoms in total. The van der Waals surface area contributed by atoms with Gasteiger partial charge in [-0.25, -0.2) is 0 Å². The predicted octanol–water partition coefficient (Wildman–Crippen LogP) is 0.0771. The molecule has 0 aromatic heterocycles. The number of ether oxygens (including phenoxy) is 1. The van der Waals surface area contributed by atoms with Crippen LogP contribution in [0, 0.1) is 0 Å². The number of likely N-dealkylation sites (tertiary alicyclic amines) is 1. The van der Waals surface area contributed by atoms with Crippen molar-refractivity contribution in [1.29, 1.82) is 0 Å². The van der Waals surface area contributed by atoms with Crippen molar-refractivity contribution in [2.24, 2.45) is 0 Å². The zero-order valence-electron chi connectivity index (χ0n) is 6.28. The van der Waals surface area contributed by atoms with Crippen molar-refractivity contribution >= 4 is 12.4 Å². The van der Waals surface area contributed by atoms with Crippen LogP contribution in [0.4, 0.5) is 0 Å². The predicted molar refractivity (Wildman–Crippen MR) is 41.3 cm³/mol. The molecule has 1 heterocycles. The van der Waals surface area contributed by atoms with Gasteiger partial charge in [0.25, 0.3) is 0 Å². The van der Waals surface area contributed by atoms with Gasteiger partial charge in [0.2, 0.25) is 0 Å². The smallest absolute Gasteiger partial charge is 0.109 e. The monoisotopic (exact) mass is 167 g/mol. The molecule has 1 aliphatic rings. The van der Waals surface area contributed by atoms with Crippen molar-refractivity contribution in [3.63, 3.8) is 0 Å². The molecule has 1 aliphatic heterocycles. The molecule has 0 spiro atoms. The van der Waals surface area contributed by atoms with E-state index < -0.39 is 0 Å². The second-order valence-electron chi connectivity index (χ2n) is 2.51. The lowest BCUT2D eigenvalue weighted by atomic mass is 10.3. The summed E-state index contributed by atoms with van der Waals surface area (Å²) < 4.78 is 5.05. The van der Waals surface area contributed by atoms with E-state index in [1.54, 1.807) is 7.11 Å². The highest BCUT2D eigenvalue weighted by molar-refractivity contribution is 5.85. The van der Waals surface area contributed by atoms with E-state index >= 15 is 0 Å². The molecule has 1 rings (SSSR count). The Bertz CT molecular complexity index is 91.7. The van der Waals surface area contributed by atoms with E-state index in [9.17, 15) is 0 Å². The quantitative estimate of drug-likeness (QED) is 0.601. The fourth-order valence-corrected chi connectivity index (χ4v) is 1.10. The largest absolute Gasteiger partial charge is 0.380 e. The molecule has 0 aromatic rings. The first-order valence-electron chi connectivity index (χ1n) is 3.15. The second-order valence-corrected chi connectivity index (χ2v) is 2.51. The maximum Gasteiger partial charge on any atom is 0.109 e. The molecular formula is C6H14ClNO2. The minimum atomic E-state index is -0.296. The number of likely N-dealkylation sites (N-methyl/N-ethyl adjacent to an activating group) is 1. The molecule has 0 aromatic carbocycles. The zero-order valence-corrected chi connectivity index (χ0v) is 7.10. The molecule has 1 saturated heterocycles. The van der Waals surface area contributed by atoms with Crippen LogP contribution in [0.15, 0.2) is 0 Å². The maximum absolute atomic E-state index is 9.15. The molecule has 10 heavy (non-hydrogen) atoms. The van der Waals surface area contributed by atoms with Crippen LogP contribution in [0.3, 0.4) is 0 Å². The summed E-state index contributed by atoms with van der Waals surface area (Å²) in [5.41, 5.74) is 0. The number of methoxy groups -OCH3 is 1. The lowest BCUT2D eigenvalue weighted by Gasteiger charge is -2.10. The van der Waals surface area contributed by atoms with Gasteiger partial charge < -0.3 is 9.84 Å². The molecule has 1 N–H and O–H groups in total. The fraction of sp³-hybridized carbons (Fsp3) is 1.00. The summed E-state index contributed by atoms with van der Waals surface area (Å²) >= 11 is 0. The molecule has 2 atom stereocenters. The standard InChI is InChI=1S/C6H13NO2.ClH/c1-7-4-5(9-2)3-6(7)8;/h5-6,8H,3-4H2,1-2H3;1H. The average Bonchev–Trinajstić information content (AvgIpc) is 2.13. The Balaban J connectivity index is 0.000000810. The van der Waals surface area contributed by atoms with Crippen molar-refractivity contribution in [1.82, 2.24) is 4.90 Å². The van der Waals surface area contributed by atoms with E-state index in [2.05, 4.69) is 0 Å². The van der Waals surface area contributed by atoms with Gasteiger partial charge in [0.1, 0.15) is 6.23 Å². The first-order valence-corrected chi connectivity index (χ1v) is 3.15. The molecule has 1 fully saturated rings. The Kier molecular flexibility index (Phi) is 4.20. The van der Waals surface area contributed by atoms with Gasteiger partial charge in [0.15, 0.2) is 0 Å². The third kappa shape index (κ3) is 2.09. The Morgan fingerprint density at radius 1 is 1.60 bits per heavy atom. The molecule has 62 valence electrons. The Morgan fingerprint density at radius 3 is 2.40 bits per heavy atom. The van der Waals surface area contributed by atoms with Gasteiger partial charge in [-0.1, -0.05) is 0 Å². The molecule has 0 amide bonds. The van der Waals surface area contributed by atoms with Gasteiger partial charge in [-0.05, 0) is 7.05 Å². The fourth-order valence-electron chi connectivity index (χ4n) is 1.10. The van der Waals surface area contributed by atoms with E-state index in [0.717, 1.165) is 13.0 Å². The minimum absolute atomic E-state index is 0. The van der Waals surface area contributed by atoms with Crippen LogP contribution in [-0.2, 0) is 4.74 Å². The van der Waals surface area contributed by atoms with Crippen LogP contribution < -0.4 is 0 Å². The molecule has 0 saturated carbocycles. The summed E-state index contributed by atoms with van der Waals surface area (Å²) in [6, 6.07) is 0. The normalized spacial score (nSPS) is 33.9. The Labute approximate surface area is 67.4 Å². The van der Waals surface area contributed by atoms with E-state index in [-0.39, 0.29) is 24.7 Å². The first kappa shape index (κ1) is 10.2. The van der Waals surface area contributed by atoms with Crippen LogP contribution in [-0.4, -0.2) is 43.0 Å². The first-order chi connectivity index (χ1) is 4.24. The van der Waals surface area contributed by atoms with Gasteiger partial charge in [-0.2, -0.15) is 0 Å². The van der Waals surface area contributed by atoms with Crippen LogP contribution >= 0.6 is 12.4 Å². The van der Waals surface area contributed by atoms with Crippen LogP contribution in [0.1, 0.15) is 6.42 Å². The molecule has 2 unspecified atom stereocenters. The second kappa shape index (κ2) is 4.13. The highest BCUT2D eigenvalue weighted by atomic mass is 35.5. The highest BCUT2D eigenvalue weighted by Crippen LogP contribution is 2.14. The number of nitrogens with zero attached hydrogens (tertiary/aromatic N) is 1. The number of rotatable bonds is 1. The minimum Gasteiger partial charge on any atom is -0.380 e. The van der Waals surface area contributed by atoms with E-state index in [4.69, 9.17) is 9.84 Å². The number of aliphatic hydroxyl groups is 1. The van der Waals surface area contributed by atoms with E-state index in [0.29, 0.717) is 0 Å². The van der Waals surface area contributed by atoms with E-state index in [1.165, 1.54) is 0 Å². The van der Waals surface area contributed by atoms with Gasteiger partial charge in [-0.15, -0.1) is 12.4 Å². The average molecular weight is 168 g/mol. The lowest BCUT2D eigenvalue weighted by Crippen LogP contribution is -2.24. The maximum atomic E-state index is 9.15. The molecule has 0 aliphatic carbocycles. The van der Waals surface area contributed by atoms with Crippen molar-refractivity contribution in [2.45, 2.75) is 18.8 Å². The van der Waals surface area contributed by atoms with E-state index in [1.807, 2.05) is 11.9 Å². The summed E-state index contributed by atoms with van der Waals surface area (Å²) in [7, 11) is 3.57. The SMILES string of the molecule is COC1CC(O)N(C)C1.Cl. The van der Waals surface area contributed by atoms with Gasteiger partial charge in [-0.3, -0.25) is 4.90 Å². The number of halogens is 1. The number of aliphatic hydroxyl groups excluding tert-OH is 1. The van der Waals surface area contributed by atoms with Gasteiger partial charge in [0, 0.05) is 20.1 Å². The zero-order chi connectivity index (χ0) is 6.85. The van der Waals surface area contributed by atoms with Crippen LogP contribution in [0.25, 0.3) is 0 Å². The Morgan fingerprint density at radius 2 is 2.20 bits per heavy atom. The summed E-state index contributed by atoms with van der Waals surface area (Å²) in [6.45, 7) is 0.845. The Hall–Kier alpha value is 0.170. The molecule has 4 heteroatoms. The molecule has 0 bridgehead atoms. The third-order valence-corrected chi connectivity index (χ3v) is 1.81. The lowest BCUT2D eigenvalue weighted by molar-refractivity contribution is 0.0551. The van der Waals surface area contributed by atoms with Gasteiger partial charge >= 0.3 is 0 Å². The summed E-state index contributed by atoms with van der Waals surface area (Å²) in [4.78, 5) is 1.88. The summed E-state index contributed by atoms with van der Waals surface area (Å²) in [5, 5.41) is 9.15.